The number of hydrogen-bond donors (Lipinski definition) is 0. The minimum Gasteiger partial charge on any atom is -0.490 e. The number of hydrogen-bond acceptors (Lipinski definition) is 5. The monoisotopic (exact) mass is 398 g/mol. The van der Waals surface area contributed by atoms with Crippen molar-refractivity contribution in [3.8, 4) is 17.0 Å². The number of aromatic nitrogens is 2. The standard InChI is InChI=1S/C25H26N4O/c1-17-4-8-23(27-26-17)19-5-7-21-20(14-19)16-28(2)11-10-22(21)18-6-9-24-25(15-18)30-13-12-29(24)3/h4-10,14-15H,11-13,16H2,1-3H3. The number of fused-ring (bicyclic) bond motifs is 2. The van der Waals surface area contributed by atoms with E-state index in [1.165, 1.54) is 22.3 Å². The van der Waals surface area contributed by atoms with Crippen LogP contribution in [0.2, 0.25) is 0 Å². The normalized spacial score (nSPS) is 16.2. The first kappa shape index (κ1) is 18.8. The molecule has 30 heavy (non-hydrogen) atoms. The molecule has 0 amide bonds. The topological polar surface area (TPSA) is 41.5 Å². The summed E-state index contributed by atoms with van der Waals surface area (Å²) in [5, 5.41) is 8.59. The van der Waals surface area contributed by atoms with E-state index >= 15 is 0 Å². The van der Waals surface area contributed by atoms with Crippen LogP contribution < -0.4 is 9.64 Å². The Kier molecular flexibility index (Phi) is 4.75. The lowest BCUT2D eigenvalue weighted by molar-refractivity contribution is 0.311. The van der Waals surface area contributed by atoms with Crippen LogP contribution in [-0.2, 0) is 6.54 Å². The van der Waals surface area contributed by atoms with Crippen molar-refractivity contribution in [3.05, 3.63) is 77.0 Å². The third kappa shape index (κ3) is 3.46. The maximum Gasteiger partial charge on any atom is 0.143 e. The Hall–Kier alpha value is -3.18. The summed E-state index contributed by atoms with van der Waals surface area (Å²) in [6.45, 7) is 5.41. The molecule has 2 aliphatic rings. The SMILES string of the molecule is Cc1ccc(-c2ccc3c(c2)CN(C)CC=C3c2ccc3c(c2)OCCN3C)nn1. The Labute approximate surface area is 177 Å². The summed E-state index contributed by atoms with van der Waals surface area (Å²) in [5.41, 5.74) is 9.13. The highest BCUT2D eigenvalue weighted by Gasteiger charge is 2.20. The third-order valence-electron chi connectivity index (χ3n) is 5.90. The second-order valence-electron chi connectivity index (χ2n) is 8.20. The van der Waals surface area contributed by atoms with Crippen molar-refractivity contribution in [1.29, 1.82) is 0 Å². The van der Waals surface area contributed by atoms with Crippen LogP contribution in [0, 0.1) is 6.92 Å². The molecule has 0 radical (unpaired) electrons. The van der Waals surface area contributed by atoms with Crippen molar-refractivity contribution in [3.63, 3.8) is 0 Å². The van der Waals surface area contributed by atoms with Gasteiger partial charge in [0.25, 0.3) is 0 Å². The molecule has 0 spiro atoms. The summed E-state index contributed by atoms with van der Waals surface area (Å²) in [6, 6.07) is 17.3. The van der Waals surface area contributed by atoms with Crippen LogP contribution >= 0.6 is 0 Å². The summed E-state index contributed by atoms with van der Waals surface area (Å²) >= 11 is 0. The predicted octanol–water partition coefficient (Wildman–Crippen LogP) is 4.16. The van der Waals surface area contributed by atoms with Gasteiger partial charge in [-0.1, -0.05) is 24.3 Å². The van der Waals surface area contributed by atoms with E-state index in [1.807, 2.05) is 19.1 Å². The molecule has 0 atom stereocenters. The quantitative estimate of drug-likeness (QED) is 0.648. The fraction of sp³-hybridized carbons (Fsp3) is 0.280. The number of likely N-dealkylation sites (N-methyl/N-ethyl adjacent to an activating group) is 2. The molecule has 0 N–H and O–H groups in total. The molecule has 0 fully saturated rings. The molecule has 3 aromatic rings. The number of rotatable bonds is 2. The number of ether oxygens (including phenoxy) is 1. The van der Waals surface area contributed by atoms with Crippen molar-refractivity contribution >= 4 is 11.3 Å². The summed E-state index contributed by atoms with van der Waals surface area (Å²) in [5.74, 6) is 0.966. The summed E-state index contributed by atoms with van der Waals surface area (Å²) in [7, 11) is 4.28. The van der Waals surface area contributed by atoms with Gasteiger partial charge in [-0.25, -0.2) is 0 Å². The average Bonchev–Trinajstić information content (AvgIpc) is 2.92. The van der Waals surface area contributed by atoms with E-state index in [9.17, 15) is 0 Å². The second-order valence-corrected chi connectivity index (χ2v) is 8.20. The minimum absolute atomic E-state index is 0.728. The van der Waals surface area contributed by atoms with E-state index in [-0.39, 0.29) is 0 Å². The van der Waals surface area contributed by atoms with Gasteiger partial charge in [0.05, 0.1) is 23.6 Å². The molecule has 2 aliphatic heterocycles. The molecule has 5 heteroatoms. The van der Waals surface area contributed by atoms with Crippen LogP contribution in [0.3, 0.4) is 0 Å². The lowest BCUT2D eigenvalue weighted by Gasteiger charge is -2.28. The lowest BCUT2D eigenvalue weighted by atomic mass is 9.92. The van der Waals surface area contributed by atoms with Crippen LogP contribution in [0.15, 0.2) is 54.6 Å². The molecule has 0 bridgehead atoms. The molecule has 5 rings (SSSR count). The lowest BCUT2D eigenvalue weighted by Crippen LogP contribution is -2.28. The van der Waals surface area contributed by atoms with E-state index in [0.29, 0.717) is 0 Å². The van der Waals surface area contributed by atoms with Gasteiger partial charge >= 0.3 is 0 Å². The highest BCUT2D eigenvalue weighted by molar-refractivity contribution is 5.85. The molecular formula is C25H26N4O. The smallest absolute Gasteiger partial charge is 0.143 e. The molecule has 152 valence electrons. The van der Waals surface area contributed by atoms with E-state index in [1.54, 1.807) is 0 Å². The summed E-state index contributed by atoms with van der Waals surface area (Å²) < 4.78 is 5.96. The van der Waals surface area contributed by atoms with Crippen LogP contribution in [-0.4, -0.2) is 48.9 Å². The van der Waals surface area contributed by atoms with Gasteiger partial charge in [-0.2, -0.15) is 10.2 Å². The minimum atomic E-state index is 0.728. The Morgan fingerprint density at radius 1 is 0.933 bits per heavy atom. The predicted molar refractivity (Wildman–Crippen MR) is 121 cm³/mol. The number of nitrogens with zero attached hydrogens (tertiary/aromatic N) is 4. The number of benzene rings is 2. The van der Waals surface area contributed by atoms with Gasteiger partial charge in [0, 0.05) is 25.7 Å². The molecule has 5 nitrogen and oxygen atoms in total. The molecule has 2 aromatic carbocycles. The maximum absolute atomic E-state index is 5.96. The zero-order chi connectivity index (χ0) is 20.7. The molecular weight excluding hydrogens is 372 g/mol. The van der Waals surface area contributed by atoms with Gasteiger partial charge < -0.3 is 9.64 Å². The Bertz CT molecular complexity index is 1120. The highest BCUT2D eigenvalue weighted by atomic mass is 16.5. The molecule has 3 heterocycles. The van der Waals surface area contributed by atoms with E-state index < -0.39 is 0 Å². The average molecular weight is 399 g/mol. The van der Waals surface area contributed by atoms with Crippen molar-refractivity contribution < 1.29 is 4.74 Å². The molecule has 0 saturated carbocycles. The third-order valence-corrected chi connectivity index (χ3v) is 5.90. The zero-order valence-electron chi connectivity index (χ0n) is 17.7. The van der Waals surface area contributed by atoms with Crippen LogP contribution in [0.1, 0.15) is 22.4 Å². The van der Waals surface area contributed by atoms with E-state index in [2.05, 4.69) is 76.6 Å². The van der Waals surface area contributed by atoms with E-state index in [4.69, 9.17) is 4.74 Å². The van der Waals surface area contributed by atoms with Gasteiger partial charge in [0.1, 0.15) is 12.4 Å². The number of aryl methyl sites for hydroxylation is 1. The first-order chi connectivity index (χ1) is 14.6. The Morgan fingerprint density at radius 3 is 2.63 bits per heavy atom. The Balaban J connectivity index is 1.57. The molecule has 1 aromatic heterocycles. The van der Waals surface area contributed by atoms with Gasteiger partial charge in [-0.3, -0.25) is 4.90 Å². The van der Waals surface area contributed by atoms with E-state index in [0.717, 1.165) is 54.6 Å². The molecule has 0 unspecified atom stereocenters. The van der Waals surface area contributed by atoms with Gasteiger partial charge in [0.2, 0.25) is 0 Å². The summed E-state index contributed by atoms with van der Waals surface area (Å²) in [6.07, 6.45) is 2.32. The van der Waals surface area contributed by atoms with Crippen LogP contribution in [0.4, 0.5) is 5.69 Å². The summed E-state index contributed by atoms with van der Waals surface area (Å²) in [4.78, 5) is 4.58. The van der Waals surface area contributed by atoms with Crippen molar-refractivity contribution in [2.45, 2.75) is 13.5 Å². The van der Waals surface area contributed by atoms with Gasteiger partial charge in [0.15, 0.2) is 0 Å². The van der Waals surface area contributed by atoms with Crippen molar-refractivity contribution in [2.75, 3.05) is 38.7 Å². The van der Waals surface area contributed by atoms with Crippen molar-refractivity contribution in [2.24, 2.45) is 0 Å². The fourth-order valence-electron chi connectivity index (χ4n) is 4.21. The maximum atomic E-state index is 5.96. The first-order valence-corrected chi connectivity index (χ1v) is 10.4. The number of anilines is 1. The fourth-order valence-corrected chi connectivity index (χ4v) is 4.21. The van der Waals surface area contributed by atoms with Crippen molar-refractivity contribution in [1.82, 2.24) is 15.1 Å². The molecule has 0 saturated heterocycles. The largest absolute Gasteiger partial charge is 0.490 e. The van der Waals surface area contributed by atoms with Crippen LogP contribution in [0.25, 0.3) is 16.8 Å². The molecule has 0 aliphatic carbocycles. The Morgan fingerprint density at radius 2 is 1.80 bits per heavy atom. The highest BCUT2D eigenvalue weighted by Crippen LogP contribution is 2.37. The van der Waals surface area contributed by atoms with Gasteiger partial charge in [-0.05, 0) is 66.6 Å². The zero-order valence-corrected chi connectivity index (χ0v) is 17.7. The first-order valence-electron chi connectivity index (χ1n) is 10.4. The second kappa shape index (κ2) is 7.58. The van der Waals surface area contributed by atoms with Gasteiger partial charge in [-0.15, -0.1) is 0 Å². The van der Waals surface area contributed by atoms with Crippen LogP contribution in [0.5, 0.6) is 5.75 Å².